The van der Waals surface area contributed by atoms with Crippen LogP contribution >= 0.6 is 0 Å². The van der Waals surface area contributed by atoms with Crippen LogP contribution in [0.3, 0.4) is 0 Å². The summed E-state index contributed by atoms with van der Waals surface area (Å²) in [6.45, 7) is 6.04. The molecule has 1 aromatic rings. The summed E-state index contributed by atoms with van der Waals surface area (Å²) in [5, 5.41) is 8.88. The molecule has 1 aromatic carbocycles. The molecule has 1 rings (SSSR count). The normalized spacial score (nSPS) is 10.0. The van der Waals surface area contributed by atoms with Crippen molar-refractivity contribution in [2.24, 2.45) is 0 Å². The minimum Gasteiger partial charge on any atom is -0.478 e. The summed E-state index contributed by atoms with van der Waals surface area (Å²) in [5.41, 5.74) is 1.33. The Morgan fingerprint density at radius 2 is 2.13 bits per heavy atom. The predicted octanol–water partition coefficient (Wildman–Crippen LogP) is 2.62. The highest BCUT2D eigenvalue weighted by atomic mass is 16.4. The summed E-state index contributed by atoms with van der Waals surface area (Å²) in [6, 6.07) is 7.08. The maximum absolute atomic E-state index is 10.8. The lowest BCUT2D eigenvalue weighted by molar-refractivity contribution is 0.0697. The van der Waals surface area contributed by atoms with Gasteiger partial charge in [-0.3, -0.25) is 0 Å². The Morgan fingerprint density at radius 1 is 1.40 bits per heavy atom. The van der Waals surface area contributed by atoms with Gasteiger partial charge in [0.1, 0.15) is 0 Å². The van der Waals surface area contributed by atoms with Crippen LogP contribution in [0.2, 0.25) is 0 Å². The van der Waals surface area contributed by atoms with Gasteiger partial charge in [0.2, 0.25) is 0 Å². The van der Waals surface area contributed by atoms with Gasteiger partial charge < -0.3 is 10.0 Å². The van der Waals surface area contributed by atoms with Crippen molar-refractivity contribution in [1.82, 2.24) is 0 Å². The minimum absolute atomic E-state index is 0.349. The second kappa shape index (κ2) is 5.39. The van der Waals surface area contributed by atoms with Crippen molar-refractivity contribution in [2.75, 3.05) is 18.0 Å². The molecule has 3 heteroatoms. The average Bonchev–Trinajstić information content (AvgIpc) is 2.26. The molecule has 0 radical (unpaired) electrons. The zero-order valence-corrected chi connectivity index (χ0v) is 9.23. The Morgan fingerprint density at radius 3 is 2.67 bits per heavy atom. The van der Waals surface area contributed by atoms with Gasteiger partial charge in [-0.25, -0.2) is 4.79 Å². The van der Waals surface area contributed by atoms with Crippen molar-refractivity contribution >= 4 is 11.7 Å². The molecular weight excluding hydrogens is 190 g/mol. The molecule has 0 saturated heterocycles. The van der Waals surface area contributed by atoms with Crippen molar-refractivity contribution in [3.8, 4) is 0 Å². The summed E-state index contributed by atoms with van der Waals surface area (Å²) < 4.78 is 0. The molecule has 0 aliphatic rings. The summed E-state index contributed by atoms with van der Waals surface area (Å²) in [5.74, 6) is -0.871. The van der Waals surface area contributed by atoms with Gasteiger partial charge in [0.25, 0.3) is 0 Å². The molecule has 0 saturated carbocycles. The molecule has 3 nitrogen and oxygen atoms in total. The molecule has 1 N–H and O–H groups in total. The zero-order chi connectivity index (χ0) is 11.3. The number of carbonyl (C=O) groups is 1. The largest absolute Gasteiger partial charge is 0.478 e. The third-order valence-corrected chi connectivity index (χ3v) is 2.33. The summed E-state index contributed by atoms with van der Waals surface area (Å²) in [6.07, 6.45) is 1.06. The predicted molar refractivity (Wildman–Crippen MR) is 61.6 cm³/mol. The number of benzene rings is 1. The molecular formula is C12H17NO2. The SMILES string of the molecule is CCCN(CC)c1cccc(C(=O)O)c1. The molecule has 0 fully saturated rings. The van der Waals surface area contributed by atoms with E-state index in [2.05, 4.69) is 18.7 Å². The number of hydrogen-bond acceptors (Lipinski definition) is 2. The third-order valence-electron chi connectivity index (χ3n) is 2.33. The Kier molecular flexibility index (Phi) is 4.16. The van der Waals surface area contributed by atoms with Crippen LogP contribution in [0.4, 0.5) is 5.69 Å². The number of aromatic carboxylic acids is 1. The molecule has 82 valence electrons. The number of carboxylic acid groups (broad SMARTS) is 1. The first-order valence-corrected chi connectivity index (χ1v) is 5.27. The molecule has 0 heterocycles. The molecule has 15 heavy (non-hydrogen) atoms. The molecule has 0 atom stereocenters. The van der Waals surface area contributed by atoms with Gasteiger partial charge in [0.15, 0.2) is 0 Å². The first-order chi connectivity index (χ1) is 7.19. The van der Waals surface area contributed by atoms with E-state index in [1.165, 1.54) is 0 Å². The Hall–Kier alpha value is -1.51. The summed E-state index contributed by atoms with van der Waals surface area (Å²) in [4.78, 5) is 13.0. The molecule has 0 amide bonds. The smallest absolute Gasteiger partial charge is 0.335 e. The van der Waals surface area contributed by atoms with E-state index < -0.39 is 5.97 Å². The monoisotopic (exact) mass is 207 g/mol. The Balaban J connectivity index is 2.92. The van der Waals surface area contributed by atoms with E-state index >= 15 is 0 Å². The highest BCUT2D eigenvalue weighted by Gasteiger charge is 2.07. The maximum Gasteiger partial charge on any atom is 0.335 e. The van der Waals surface area contributed by atoms with Crippen molar-refractivity contribution in [3.63, 3.8) is 0 Å². The molecule has 0 spiro atoms. The van der Waals surface area contributed by atoms with E-state index in [4.69, 9.17) is 5.11 Å². The lowest BCUT2D eigenvalue weighted by Gasteiger charge is -2.22. The molecule has 0 bridgehead atoms. The molecule has 0 aromatic heterocycles. The topological polar surface area (TPSA) is 40.5 Å². The highest BCUT2D eigenvalue weighted by Crippen LogP contribution is 2.16. The summed E-state index contributed by atoms with van der Waals surface area (Å²) >= 11 is 0. The van der Waals surface area contributed by atoms with Crippen molar-refractivity contribution in [1.29, 1.82) is 0 Å². The van der Waals surface area contributed by atoms with Gasteiger partial charge in [0.05, 0.1) is 5.56 Å². The highest BCUT2D eigenvalue weighted by molar-refractivity contribution is 5.88. The zero-order valence-electron chi connectivity index (χ0n) is 9.23. The number of carboxylic acids is 1. The second-order valence-electron chi connectivity index (χ2n) is 3.44. The first-order valence-electron chi connectivity index (χ1n) is 5.27. The number of anilines is 1. The van der Waals surface area contributed by atoms with E-state index in [1.807, 2.05) is 6.07 Å². The van der Waals surface area contributed by atoms with Gasteiger partial charge in [-0.05, 0) is 31.5 Å². The van der Waals surface area contributed by atoms with Crippen LogP contribution in [0.1, 0.15) is 30.6 Å². The van der Waals surface area contributed by atoms with Crippen LogP contribution in [0.15, 0.2) is 24.3 Å². The van der Waals surface area contributed by atoms with Gasteiger partial charge in [-0.15, -0.1) is 0 Å². The van der Waals surface area contributed by atoms with Crippen LogP contribution in [0, 0.1) is 0 Å². The first kappa shape index (κ1) is 11.6. The van der Waals surface area contributed by atoms with Gasteiger partial charge in [-0.2, -0.15) is 0 Å². The molecule has 0 aliphatic heterocycles. The average molecular weight is 207 g/mol. The Bertz CT molecular complexity index is 336. The van der Waals surface area contributed by atoms with Crippen molar-refractivity contribution in [2.45, 2.75) is 20.3 Å². The Labute approximate surface area is 90.3 Å². The molecule has 0 aliphatic carbocycles. The lowest BCUT2D eigenvalue weighted by Crippen LogP contribution is -2.23. The fraction of sp³-hybridized carbons (Fsp3) is 0.417. The number of hydrogen-bond donors (Lipinski definition) is 1. The fourth-order valence-corrected chi connectivity index (χ4v) is 1.58. The standard InChI is InChI=1S/C12H17NO2/c1-3-8-13(4-2)11-7-5-6-10(9-11)12(14)15/h5-7,9H,3-4,8H2,1-2H3,(H,14,15). The van der Waals surface area contributed by atoms with Crippen LogP contribution in [-0.4, -0.2) is 24.2 Å². The van der Waals surface area contributed by atoms with Crippen LogP contribution in [0.5, 0.6) is 0 Å². The van der Waals surface area contributed by atoms with Gasteiger partial charge >= 0.3 is 5.97 Å². The number of nitrogens with zero attached hydrogens (tertiary/aromatic N) is 1. The minimum atomic E-state index is -0.871. The second-order valence-corrected chi connectivity index (χ2v) is 3.44. The van der Waals surface area contributed by atoms with Gasteiger partial charge in [-0.1, -0.05) is 13.0 Å². The molecule has 0 unspecified atom stereocenters. The van der Waals surface area contributed by atoms with Crippen LogP contribution in [0.25, 0.3) is 0 Å². The van der Waals surface area contributed by atoms with E-state index in [9.17, 15) is 4.79 Å². The maximum atomic E-state index is 10.8. The fourth-order valence-electron chi connectivity index (χ4n) is 1.58. The van der Waals surface area contributed by atoms with Crippen molar-refractivity contribution < 1.29 is 9.90 Å². The van der Waals surface area contributed by atoms with E-state index in [0.717, 1.165) is 25.2 Å². The van der Waals surface area contributed by atoms with E-state index in [1.54, 1.807) is 18.2 Å². The number of rotatable bonds is 5. The van der Waals surface area contributed by atoms with E-state index in [-0.39, 0.29) is 0 Å². The summed E-state index contributed by atoms with van der Waals surface area (Å²) in [7, 11) is 0. The third kappa shape index (κ3) is 2.98. The van der Waals surface area contributed by atoms with E-state index in [0.29, 0.717) is 5.56 Å². The lowest BCUT2D eigenvalue weighted by atomic mass is 10.2. The van der Waals surface area contributed by atoms with Crippen molar-refractivity contribution in [3.05, 3.63) is 29.8 Å². The van der Waals surface area contributed by atoms with Crippen LogP contribution in [-0.2, 0) is 0 Å². The quantitative estimate of drug-likeness (QED) is 0.806. The van der Waals surface area contributed by atoms with Crippen LogP contribution < -0.4 is 4.90 Å². The van der Waals surface area contributed by atoms with Gasteiger partial charge in [0, 0.05) is 18.8 Å².